The van der Waals surface area contributed by atoms with Crippen LogP contribution in [0.4, 0.5) is 11.5 Å². The van der Waals surface area contributed by atoms with E-state index in [1.54, 1.807) is 0 Å². The molecule has 2 aliphatic rings. The van der Waals surface area contributed by atoms with Crippen molar-refractivity contribution in [3.05, 3.63) is 59.0 Å². The molecular formula is C28H35N5O. The van der Waals surface area contributed by atoms with Gasteiger partial charge in [0.2, 0.25) is 5.91 Å². The van der Waals surface area contributed by atoms with E-state index >= 15 is 0 Å². The Morgan fingerprint density at radius 3 is 2.41 bits per heavy atom. The van der Waals surface area contributed by atoms with E-state index in [-0.39, 0.29) is 11.8 Å². The number of amides is 1. The number of carbonyl (C=O) groups excluding carboxylic acids is 1. The summed E-state index contributed by atoms with van der Waals surface area (Å²) in [5, 5.41) is 2.62. The lowest BCUT2D eigenvalue weighted by Crippen LogP contribution is -2.49. The number of hydrogen-bond acceptors (Lipinski definition) is 5. The third-order valence-corrected chi connectivity index (χ3v) is 7.24. The number of aryl methyl sites for hydroxylation is 1. The van der Waals surface area contributed by atoms with Gasteiger partial charge in [0.15, 0.2) is 0 Å². The standard InChI is InChI=1S/C28H35N5O/c1-5-25(34)31-14-16-32(17-15-31)28-22-12-13-33(18-23(22)29-27(30-28)19(2)3)24-11-7-10-21-9-6-8-20(4)26(21)24/h6-11,19H,5,12-18H2,1-4H3. The fraction of sp³-hybridized carbons (Fsp3) is 0.464. The second-order valence-corrected chi connectivity index (χ2v) is 9.83. The van der Waals surface area contributed by atoms with Crippen molar-refractivity contribution in [3.63, 3.8) is 0 Å². The van der Waals surface area contributed by atoms with Gasteiger partial charge in [0.1, 0.15) is 11.6 Å². The van der Waals surface area contributed by atoms with Crippen LogP contribution < -0.4 is 9.80 Å². The summed E-state index contributed by atoms with van der Waals surface area (Å²) in [5.74, 6) is 2.51. The highest BCUT2D eigenvalue weighted by Crippen LogP contribution is 2.35. The van der Waals surface area contributed by atoms with Crippen molar-refractivity contribution in [1.82, 2.24) is 14.9 Å². The number of carbonyl (C=O) groups is 1. The lowest BCUT2D eigenvalue weighted by Gasteiger charge is -2.38. The summed E-state index contributed by atoms with van der Waals surface area (Å²) in [6.07, 6.45) is 1.50. The lowest BCUT2D eigenvalue weighted by molar-refractivity contribution is -0.131. The second-order valence-electron chi connectivity index (χ2n) is 9.83. The van der Waals surface area contributed by atoms with E-state index < -0.39 is 0 Å². The predicted molar refractivity (Wildman–Crippen MR) is 139 cm³/mol. The molecule has 34 heavy (non-hydrogen) atoms. The fourth-order valence-corrected chi connectivity index (χ4v) is 5.31. The minimum absolute atomic E-state index is 0.244. The SMILES string of the molecule is CCC(=O)N1CCN(c2nc(C(C)C)nc3c2CCN(c2cccc4cccc(C)c24)C3)CC1. The molecule has 0 N–H and O–H groups in total. The molecule has 1 amide bonds. The molecule has 3 aromatic rings. The quantitative estimate of drug-likeness (QED) is 0.569. The molecule has 178 valence electrons. The number of anilines is 2. The molecule has 6 heteroatoms. The first-order chi connectivity index (χ1) is 16.5. The van der Waals surface area contributed by atoms with Crippen molar-refractivity contribution in [2.24, 2.45) is 0 Å². The highest BCUT2D eigenvalue weighted by atomic mass is 16.2. The lowest BCUT2D eigenvalue weighted by atomic mass is 9.99. The second kappa shape index (κ2) is 9.24. The maximum atomic E-state index is 12.2. The highest BCUT2D eigenvalue weighted by Gasteiger charge is 2.29. The zero-order valence-corrected chi connectivity index (χ0v) is 20.8. The topological polar surface area (TPSA) is 52.6 Å². The minimum atomic E-state index is 0.244. The van der Waals surface area contributed by atoms with Crippen LogP contribution in [0.15, 0.2) is 36.4 Å². The first kappa shape index (κ1) is 22.6. The number of piperazine rings is 1. The smallest absolute Gasteiger partial charge is 0.222 e. The summed E-state index contributed by atoms with van der Waals surface area (Å²) in [5.41, 5.74) is 5.04. The molecule has 1 saturated heterocycles. The van der Waals surface area contributed by atoms with Gasteiger partial charge in [0.25, 0.3) is 0 Å². The van der Waals surface area contributed by atoms with Crippen LogP contribution >= 0.6 is 0 Å². The molecule has 5 rings (SSSR count). The summed E-state index contributed by atoms with van der Waals surface area (Å²) in [7, 11) is 0. The van der Waals surface area contributed by atoms with E-state index in [9.17, 15) is 4.79 Å². The van der Waals surface area contributed by atoms with E-state index in [1.807, 2.05) is 11.8 Å². The molecule has 0 radical (unpaired) electrons. The molecule has 1 aromatic heterocycles. The fourth-order valence-electron chi connectivity index (χ4n) is 5.31. The van der Waals surface area contributed by atoms with Crippen LogP contribution in [0.25, 0.3) is 10.8 Å². The molecule has 1 fully saturated rings. The molecule has 0 unspecified atom stereocenters. The first-order valence-electron chi connectivity index (χ1n) is 12.6. The van der Waals surface area contributed by atoms with Crippen molar-refractivity contribution in [3.8, 4) is 0 Å². The van der Waals surface area contributed by atoms with Crippen LogP contribution in [-0.4, -0.2) is 53.5 Å². The Balaban J connectivity index is 1.48. The van der Waals surface area contributed by atoms with Crippen LogP contribution in [0.1, 0.15) is 55.8 Å². The third kappa shape index (κ3) is 4.10. The summed E-state index contributed by atoms with van der Waals surface area (Å²) < 4.78 is 0. The number of aromatic nitrogens is 2. The molecule has 0 saturated carbocycles. The van der Waals surface area contributed by atoms with Gasteiger partial charge >= 0.3 is 0 Å². The zero-order valence-electron chi connectivity index (χ0n) is 20.8. The molecule has 3 heterocycles. The molecule has 0 aliphatic carbocycles. The Labute approximate surface area is 202 Å². The summed E-state index contributed by atoms with van der Waals surface area (Å²) in [6, 6.07) is 13.1. The predicted octanol–water partition coefficient (Wildman–Crippen LogP) is 4.68. The summed E-state index contributed by atoms with van der Waals surface area (Å²) in [6.45, 7) is 13.4. The van der Waals surface area contributed by atoms with Gasteiger partial charge < -0.3 is 14.7 Å². The van der Waals surface area contributed by atoms with Crippen molar-refractivity contribution in [1.29, 1.82) is 0 Å². The average molecular weight is 458 g/mol. The number of hydrogen-bond donors (Lipinski definition) is 0. The average Bonchev–Trinajstić information content (AvgIpc) is 2.87. The van der Waals surface area contributed by atoms with Gasteiger partial charge in [-0.3, -0.25) is 4.79 Å². The number of nitrogens with zero attached hydrogens (tertiary/aromatic N) is 5. The molecule has 0 atom stereocenters. The summed E-state index contributed by atoms with van der Waals surface area (Å²) in [4.78, 5) is 29.1. The molecule has 2 aromatic carbocycles. The molecule has 2 aliphatic heterocycles. The van der Waals surface area contributed by atoms with Gasteiger partial charge in [0.05, 0.1) is 12.2 Å². The van der Waals surface area contributed by atoms with E-state index in [1.165, 1.54) is 27.6 Å². The van der Waals surface area contributed by atoms with Crippen LogP contribution in [0.3, 0.4) is 0 Å². The normalized spacial score (nSPS) is 16.3. The number of rotatable bonds is 4. The third-order valence-electron chi connectivity index (χ3n) is 7.24. The van der Waals surface area contributed by atoms with Crippen LogP contribution in [0.2, 0.25) is 0 Å². The van der Waals surface area contributed by atoms with E-state index in [4.69, 9.17) is 9.97 Å². The first-order valence-corrected chi connectivity index (χ1v) is 12.6. The van der Waals surface area contributed by atoms with Gasteiger partial charge in [-0.05, 0) is 30.4 Å². The Kier molecular flexibility index (Phi) is 6.15. The Morgan fingerprint density at radius 1 is 0.971 bits per heavy atom. The maximum absolute atomic E-state index is 12.2. The molecule has 0 bridgehead atoms. The van der Waals surface area contributed by atoms with Crippen molar-refractivity contribution >= 4 is 28.2 Å². The van der Waals surface area contributed by atoms with Gasteiger partial charge in [-0.15, -0.1) is 0 Å². The Bertz CT molecular complexity index is 1210. The number of benzene rings is 2. The van der Waals surface area contributed by atoms with Gasteiger partial charge in [-0.25, -0.2) is 9.97 Å². The molecular weight excluding hydrogens is 422 g/mol. The van der Waals surface area contributed by atoms with Crippen LogP contribution in [0, 0.1) is 6.92 Å². The molecule has 6 nitrogen and oxygen atoms in total. The summed E-state index contributed by atoms with van der Waals surface area (Å²) >= 11 is 0. The van der Waals surface area contributed by atoms with E-state index in [0.717, 1.165) is 63.0 Å². The van der Waals surface area contributed by atoms with Gasteiger partial charge in [0, 0.05) is 61.7 Å². The molecule has 0 spiro atoms. The van der Waals surface area contributed by atoms with E-state index in [2.05, 4.69) is 67.0 Å². The van der Waals surface area contributed by atoms with E-state index in [0.29, 0.717) is 6.42 Å². The van der Waals surface area contributed by atoms with Crippen molar-refractivity contribution in [2.45, 2.75) is 53.0 Å². The van der Waals surface area contributed by atoms with Gasteiger partial charge in [-0.2, -0.15) is 0 Å². The van der Waals surface area contributed by atoms with Crippen LogP contribution in [-0.2, 0) is 17.8 Å². The van der Waals surface area contributed by atoms with Crippen LogP contribution in [0.5, 0.6) is 0 Å². The highest BCUT2D eigenvalue weighted by molar-refractivity contribution is 5.97. The van der Waals surface area contributed by atoms with Crippen molar-refractivity contribution in [2.75, 3.05) is 42.5 Å². The largest absolute Gasteiger partial charge is 0.365 e. The Morgan fingerprint density at radius 2 is 1.71 bits per heavy atom. The Hall–Kier alpha value is -3.15. The van der Waals surface area contributed by atoms with Gasteiger partial charge in [-0.1, -0.05) is 51.1 Å². The maximum Gasteiger partial charge on any atom is 0.222 e. The minimum Gasteiger partial charge on any atom is -0.365 e. The monoisotopic (exact) mass is 457 g/mol. The van der Waals surface area contributed by atoms with Crippen molar-refractivity contribution < 1.29 is 4.79 Å². The zero-order chi connectivity index (χ0) is 23.8. The number of fused-ring (bicyclic) bond motifs is 2.